The van der Waals surface area contributed by atoms with Crippen LogP contribution in [-0.4, -0.2) is 16.1 Å². The zero-order valence-electron chi connectivity index (χ0n) is 6.14. The van der Waals surface area contributed by atoms with Gasteiger partial charge in [0.05, 0.1) is 4.08 Å². The molecule has 0 N–H and O–H groups in total. The second-order valence-corrected chi connectivity index (χ2v) is 5.35. The van der Waals surface area contributed by atoms with Gasteiger partial charge in [-0.2, -0.15) is 0 Å². The first kappa shape index (κ1) is 7.80. The first-order chi connectivity index (χ1) is 4.33. The summed E-state index contributed by atoms with van der Waals surface area (Å²) in [7, 11) is 0. The van der Waals surface area contributed by atoms with Gasteiger partial charge in [0, 0.05) is 0 Å². The molecule has 1 heterocycles. The Kier molecular flexibility index (Phi) is 2.77. The molecule has 2 heteroatoms. The summed E-state index contributed by atoms with van der Waals surface area (Å²) < 4.78 is 0.611. The average Bonchev–Trinajstić information content (AvgIpc) is 2.36. The topological polar surface area (TPSA) is 0 Å². The summed E-state index contributed by atoms with van der Waals surface area (Å²) in [5, 5.41) is 0. The van der Waals surface area contributed by atoms with Crippen LogP contribution in [0.5, 0.6) is 0 Å². The minimum absolute atomic E-state index is 0.611. The van der Waals surface area contributed by atoms with Gasteiger partial charge in [0.25, 0.3) is 0 Å². The van der Waals surface area contributed by atoms with Crippen LogP contribution in [0, 0.1) is 0 Å². The van der Waals surface area contributed by atoms with Gasteiger partial charge in [-0.15, -0.1) is 23.5 Å². The Labute approximate surface area is 66.2 Å². The molecule has 0 amide bonds. The number of rotatable bonds is 2. The predicted octanol–water partition coefficient (Wildman–Crippen LogP) is 2.98. The van der Waals surface area contributed by atoms with Crippen LogP contribution in [0.2, 0.25) is 0 Å². The number of thioether (sulfide) groups is 2. The highest BCUT2D eigenvalue weighted by Gasteiger charge is 2.31. The van der Waals surface area contributed by atoms with Gasteiger partial charge in [0.1, 0.15) is 0 Å². The Morgan fingerprint density at radius 2 is 2.44 bits per heavy atom. The van der Waals surface area contributed by atoms with Crippen molar-refractivity contribution in [2.45, 2.75) is 30.3 Å². The monoisotopic (exact) mass is 162 g/mol. The van der Waals surface area contributed by atoms with E-state index in [1.807, 2.05) is 11.8 Å². The fraction of sp³-hybridized carbons (Fsp3) is 1.00. The molecule has 0 spiro atoms. The van der Waals surface area contributed by atoms with Gasteiger partial charge in [0.2, 0.25) is 0 Å². The molecule has 0 aromatic rings. The standard InChI is InChI=1S/C7H14S2/c1-3-7(8-2)5-4-6-9-7/h3-6H2,1-2H3. The van der Waals surface area contributed by atoms with Crippen LogP contribution in [0.15, 0.2) is 0 Å². The van der Waals surface area contributed by atoms with E-state index in [-0.39, 0.29) is 0 Å². The molecule has 1 aliphatic heterocycles. The van der Waals surface area contributed by atoms with E-state index in [9.17, 15) is 0 Å². The van der Waals surface area contributed by atoms with E-state index in [1.165, 1.54) is 25.0 Å². The van der Waals surface area contributed by atoms with Gasteiger partial charge in [-0.1, -0.05) is 6.92 Å². The maximum atomic E-state index is 2.30. The van der Waals surface area contributed by atoms with E-state index in [2.05, 4.69) is 24.9 Å². The van der Waals surface area contributed by atoms with Crippen LogP contribution >= 0.6 is 23.5 Å². The fourth-order valence-corrected chi connectivity index (χ4v) is 3.77. The van der Waals surface area contributed by atoms with E-state index in [1.54, 1.807) is 0 Å². The Morgan fingerprint density at radius 1 is 1.67 bits per heavy atom. The Balaban J connectivity index is 2.45. The minimum Gasteiger partial charge on any atom is -0.148 e. The van der Waals surface area contributed by atoms with Gasteiger partial charge in [-0.25, -0.2) is 0 Å². The normalized spacial score (nSPS) is 35.3. The third-order valence-electron chi connectivity index (χ3n) is 1.98. The maximum absolute atomic E-state index is 2.30. The summed E-state index contributed by atoms with van der Waals surface area (Å²) >= 11 is 4.20. The molecule has 0 bridgehead atoms. The lowest BCUT2D eigenvalue weighted by atomic mass is 10.2. The summed E-state index contributed by atoms with van der Waals surface area (Å²) in [6.07, 6.45) is 6.43. The lowest BCUT2D eigenvalue weighted by Crippen LogP contribution is -2.12. The van der Waals surface area contributed by atoms with Crippen molar-refractivity contribution in [3.8, 4) is 0 Å². The van der Waals surface area contributed by atoms with E-state index < -0.39 is 0 Å². The van der Waals surface area contributed by atoms with E-state index in [0.29, 0.717) is 4.08 Å². The molecular weight excluding hydrogens is 148 g/mol. The van der Waals surface area contributed by atoms with Crippen LogP contribution in [0.3, 0.4) is 0 Å². The number of hydrogen-bond acceptors (Lipinski definition) is 2. The Bertz CT molecular complexity index is 78.9. The van der Waals surface area contributed by atoms with Gasteiger partial charge >= 0.3 is 0 Å². The van der Waals surface area contributed by atoms with Gasteiger partial charge in [0.15, 0.2) is 0 Å². The molecule has 1 unspecified atom stereocenters. The molecule has 0 aliphatic carbocycles. The largest absolute Gasteiger partial charge is 0.148 e. The molecule has 1 fully saturated rings. The molecular formula is C7H14S2. The zero-order chi connectivity index (χ0) is 6.74. The van der Waals surface area contributed by atoms with Gasteiger partial charge < -0.3 is 0 Å². The van der Waals surface area contributed by atoms with Crippen molar-refractivity contribution in [2.75, 3.05) is 12.0 Å². The maximum Gasteiger partial charge on any atom is 0.0606 e. The average molecular weight is 162 g/mol. The highest BCUT2D eigenvalue weighted by molar-refractivity contribution is 8.18. The van der Waals surface area contributed by atoms with E-state index >= 15 is 0 Å². The zero-order valence-corrected chi connectivity index (χ0v) is 7.78. The minimum atomic E-state index is 0.611. The van der Waals surface area contributed by atoms with Gasteiger partial charge in [-0.3, -0.25) is 0 Å². The molecule has 0 aromatic carbocycles. The van der Waals surface area contributed by atoms with Crippen LogP contribution < -0.4 is 0 Å². The molecule has 0 aromatic heterocycles. The molecule has 0 radical (unpaired) electrons. The Morgan fingerprint density at radius 3 is 2.67 bits per heavy atom. The van der Waals surface area contributed by atoms with Crippen LogP contribution in [0.4, 0.5) is 0 Å². The van der Waals surface area contributed by atoms with Crippen LogP contribution in [0.25, 0.3) is 0 Å². The molecule has 0 saturated carbocycles. The molecule has 9 heavy (non-hydrogen) atoms. The lowest BCUT2D eigenvalue weighted by Gasteiger charge is -2.23. The highest BCUT2D eigenvalue weighted by atomic mass is 32.2. The second-order valence-electron chi connectivity index (χ2n) is 2.42. The van der Waals surface area contributed by atoms with Crippen LogP contribution in [0.1, 0.15) is 26.2 Å². The van der Waals surface area contributed by atoms with Crippen molar-refractivity contribution in [1.82, 2.24) is 0 Å². The second kappa shape index (κ2) is 3.20. The van der Waals surface area contributed by atoms with Crippen molar-refractivity contribution in [3.63, 3.8) is 0 Å². The summed E-state index contributed by atoms with van der Waals surface area (Å²) in [5.41, 5.74) is 0. The summed E-state index contributed by atoms with van der Waals surface area (Å²) in [6, 6.07) is 0. The van der Waals surface area contributed by atoms with Crippen molar-refractivity contribution >= 4 is 23.5 Å². The van der Waals surface area contributed by atoms with Crippen molar-refractivity contribution < 1.29 is 0 Å². The molecule has 1 aliphatic rings. The van der Waals surface area contributed by atoms with Gasteiger partial charge in [-0.05, 0) is 31.3 Å². The highest BCUT2D eigenvalue weighted by Crippen LogP contribution is 2.47. The first-order valence-corrected chi connectivity index (χ1v) is 5.73. The Hall–Kier alpha value is 0.700. The van der Waals surface area contributed by atoms with Crippen molar-refractivity contribution in [2.24, 2.45) is 0 Å². The van der Waals surface area contributed by atoms with E-state index in [0.717, 1.165) is 0 Å². The van der Waals surface area contributed by atoms with E-state index in [4.69, 9.17) is 0 Å². The fourth-order valence-electron chi connectivity index (χ4n) is 1.26. The van der Waals surface area contributed by atoms with Crippen molar-refractivity contribution in [3.05, 3.63) is 0 Å². The smallest absolute Gasteiger partial charge is 0.0606 e. The molecule has 1 saturated heterocycles. The third kappa shape index (κ3) is 1.58. The SMILES string of the molecule is CCC1(SC)CCCS1. The lowest BCUT2D eigenvalue weighted by molar-refractivity contribution is 0.715. The third-order valence-corrected chi connectivity index (χ3v) is 5.58. The summed E-state index contributed by atoms with van der Waals surface area (Å²) in [4.78, 5) is 0. The molecule has 1 atom stereocenters. The molecule has 0 nitrogen and oxygen atoms in total. The van der Waals surface area contributed by atoms with Crippen LogP contribution in [-0.2, 0) is 0 Å². The first-order valence-electron chi connectivity index (χ1n) is 3.52. The number of hydrogen-bond donors (Lipinski definition) is 0. The predicted molar refractivity (Wildman–Crippen MR) is 48.2 cm³/mol. The quantitative estimate of drug-likeness (QED) is 0.612. The summed E-state index contributed by atoms with van der Waals surface area (Å²) in [6.45, 7) is 2.30. The summed E-state index contributed by atoms with van der Waals surface area (Å²) in [5.74, 6) is 1.38. The molecule has 1 rings (SSSR count). The molecule has 54 valence electrons. The van der Waals surface area contributed by atoms with Crippen molar-refractivity contribution in [1.29, 1.82) is 0 Å².